The molecule has 0 spiro atoms. The lowest BCUT2D eigenvalue weighted by molar-refractivity contribution is 0.0793. The number of nitrogens with zero attached hydrogens (tertiary/aromatic N) is 3. The molecule has 154 valence electrons. The molecule has 1 saturated heterocycles. The number of likely N-dealkylation sites (tertiary alicyclic amines) is 1. The van der Waals surface area contributed by atoms with Crippen LogP contribution in [0.1, 0.15) is 39.3 Å². The third-order valence-corrected chi connectivity index (χ3v) is 5.26. The summed E-state index contributed by atoms with van der Waals surface area (Å²) in [6.07, 6.45) is 3.68. The minimum atomic E-state index is -0.428. The molecule has 4 rings (SSSR count). The summed E-state index contributed by atoms with van der Waals surface area (Å²) < 4.78 is 6.97. The third-order valence-electron chi connectivity index (χ3n) is 5.26. The Morgan fingerprint density at radius 2 is 1.77 bits per heavy atom. The van der Waals surface area contributed by atoms with Crippen LogP contribution in [0.2, 0.25) is 0 Å². The van der Waals surface area contributed by atoms with Gasteiger partial charge in [-0.05, 0) is 43.5 Å². The van der Waals surface area contributed by atoms with Crippen LogP contribution in [0.4, 0.5) is 5.69 Å². The van der Waals surface area contributed by atoms with Gasteiger partial charge in [0.25, 0.3) is 11.8 Å². The van der Waals surface area contributed by atoms with E-state index in [2.05, 4.69) is 10.4 Å². The first-order valence-electron chi connectivity index (χ1n) is 9.98. The number of rotatable bonds is 5. The third kappa shape index (κ3) is 3.78. The first-order chi connectivity index (χ1) is 14.6. The lowest BCUT2D eigenvalue weighted by Crippen LogP contribution is -2.29. The number of carbonyl (C=O) groups is 2. The molecule has 2 amide bonds. The number of amides is 2. The maximum Gasteiger partial charge on any atom is 0.280 e. The summed E-state index contributed by atoms with van der Waals surface area (Å²) in [6.45, 7) is 3.37. The molecule has 1 aromatic heterocycles. The van der Waals surface area contributed by atoms with E-state index >= 15 is 0 Å². The van der Waals surface area contributed by atoms with E-state index in [1.807, 2.05) is 54.3 Å². The van der Waals surface area contributed by atoms with E-state index < -0.39 is 5.91 Å². The predicted molar refractivity (Wildman–Crippen MR) is 114 cm³/mol. The van der Waals surface area contributed by atoms with Crippen LogP contribution in [0.25, 0.3) is 5.69 Å². The van der Waals surface area contributed by atoms with Crippen molar-refractivity contribution >= 4 is 17.5 Å². The van der Waals surface area contributed by atoms with Crippen molar-refractivity contribution in [1.29, 1.82) is 0 Å². The fourth-order valence-corrected chi connectivity index (χ4v) is 3.69. The number of methoxy groups -OCH3 is 1. The van der Waals surface area contributed by atoms with Gasteiger partial charge in [0, 0.05) is 13.1 Å². The number of hydrogen-bond donors (Lipinski definition) is 1. The standard InChI is InChI=1S/C23H24N4O3/c1-16-9-8-12-18(20(16)23(29)26-13-6-7-14-26)24-22(28)21-19(30-2)15-27(25-21)17-10-4-3-5-11-17/h3-5,8-12,15H,6-7,13-14H2,1-2H3,(H,24,28). The summed E-state index contributed by atoms with van der Waals surface area (Å²) in [5.74, 6) is -0.123. The Bertz CT molecular complexity index is 1070. The van der Waals surface area contributed by atoms with Crippen LogP contribution in [0.5, 0.6) is 5.75 Å². The first kappa shape index (κ1) is 19.7. The van der Waals surface area contributed by atoms with E-state index in [0.717, 1.165) is 37.2 Å². The molecule has 7 heteroatoms. The summed E-state index contributed by atoms with van der Waals surface area (Å²) in [5.41, 5.74) is 2.80. The maximum absolute atomic E-state index is 13.1. The van der Waals surface area contributed by atoms with Crippen molar-refractivity contribution in [3.8, 4) is 11.4 Å². The molecular formula is C23H24N4O3. The van der Waals surface area contributed by atoms with E-state index in [1.54, 1.807) is 16.9 Å². The molecule has 1 fully saturated rings. The Morgan fingerprint density at radius 1 is 1.03 bits per heavy atom. The zero-order valence-electron chi connectivity index (χ0n) is 17.1. The Hall–Kier alpha value is -3.61. The summed E-state index contributed by atoms with van der Waals surface area (Å²) in [5, 5.41) is 7.28. The van der Waals surface area contributed by atoms with E-state index in [1.165, 1.54) is 7.11 Å². The highest BCUT2D eigenvalue weighted by atomic mass is 16.5. The van der Waals surface area contributed by atoms with Crippen LogP contribution in [0.15, 0.2) is 54.7 Å². The monoisotopic (exact) mass is 404 g/mol. The van der Waals surface area contributed by atoms with Crippen molar-refractivity contribution in [3.05, 3.63) is 71.5 Å². The van der Waals surface area contributed by atoms with Gasteiger partial charge < -0.3 is 15.0 Å². The van der Waals surface area contributed by atoms with Crippen LogP contribution >= 0.6 is 0 Å². The molecule has 0 radical (unpaired) electrons. The summed E-state index contributed by atoms with van der Waals surface area (Å²) >= 11 is 0. The van der Waals surface area contributed by atoms with Crippen molar-refractivity contribution in [2.24, 2.45) is 0 Å². The van der Waals surface area contributed by atoms with Gasteiger partial charge in [-0.1, -0.05) is 30.3 Å². The van der Waals surface area contributed by atoms with Crippen molar-refractivity contribution in [2.45, 2.75) is 19.8 Å². The van der Waals surface area contributed by atoms with E-state index in [9.17, 15) is 9.59 Å². The molecule has 30 heavy (non-hydrogen) atoms. The Kier molecular flexibility index (Phi) is 5.52. The molecule has 3 aromatic rings. The largest absolute Gasteiger partial charge is 0.493 e. The fourth-order valence-electron chi connectivity index (χ4n) is 3.69. The highest BCUT2D eigenvalue weighted by molar-refractivity contribution is 6.09. The van der Waals surface area contributed by atoms with E-state index in [4.69, 9.17) is 4.74 Å². The number of benzene rings is 2. The number of aryl methyl sites for hydroxylation is 1. The first-order valence-corrected chi connectivity index (χ1v) is 9.98. The second-order valence-electron chi connectivity index (χ2n) is 7.28. The quantitative estimate of drug-likeness (QED) is 0.704. The van der Waals surface area contributed by atoms with Crippen LogP contribution in [-0.4, -0.2) is 46.7 Å². The second kappa shape index (κ2) is 8.41. The maximum atomic E-state index is 13.1. The summed E-state index contributed by atoms with van der Waals surface area (Å²) in [6, 6.07) is 14.9. The van der Waals surface area contributed by atoms with Crippen LogP contribution in [0, 0.1) is 6.92 Å². The molecule has 7 nitrogen and oxygen atoms in total. The van der Waals surface area contributed by atoms with Crippen LogP contribution in [0.3, 0.4) is 0 Å². The highest BCUT2D eigenvalue weighted by Gasteiger charge is 2.25. The van der Waals surface area contributed by atoms with Gasteiger partial charge in [-0.2, -0.15) is 5.10 Å². The number of anilines is 1. The molecule has 2 heterocycles. The van der Waals surface area contributed by atoms with Gasteiger partial charge in [0.05, 0.1) is 30.2 Å². The van der Waals surface area contributed by atoms with Gasteiger partial charge in [0.1, 0.15) is 0 Å². The average molecular weight is 404 g/mol. The fraction of sp³-hybridized carbons (Fsp3) is 0.261. The lowest BCUT2D eigenvalue weighted by Gasteiger charge is -2.19. The van der Waals surface area contributed by atoms with Gasteiger partial charge >= 0.3 is 0 Å². The zero-order chi connectivity index (χ0) is 21.1. The zero-order valence-corrected chi connectivity index (χ0v) is 17.1. The van der Waals surface area contributed by atoms with E-state index in [-0.39, 0.29) is 11.6 Å². The highest BCUT2D eigenvalue weighted by Crippen LogP contribution is 2.26. The Labute approximate surface area is 175 Å². The molecular weight excluding hydrogens is 380 g/mol. The molecule has 2 aromatic carbocycles. The molecule has 0 saturated carbocycles. The Morgan fingerprint density at radius 3 is 2.47 bits per heavy atom. The molecule has 1 aliphatic rings. The topological polar surface area (TPSA) is 76.5 Å². The SMILES string of the molecule is COc1cn(-c2ccccc2)nc1C(=O)Nc1cccc(C)c1C(=O)N1CCCC1. The second-order valence-corrected chi connectivity index (χ2v) is 7.28. The molecule has 0 aliphatic carbocycles. The smallest absolute Gasteiger partial charge is 0.280 e. The van der Waals surface area contributed by atoms with Gasteiger partial charge in [-0.15, -0.1) is 0 Å². The molecule has 1 aliphatic heterocycles. The molecule has 0 atom stereocenters. The van der Waals surface area contributed by atoms with Crippen molar-refractivity contribution in [2.75, 3.05) is 25.5 Å². The van der Waals surface area contributed by atoms with E-state index in [0.29, 0.717) is 17.0 Å². The number of aromatic nitrogens is 2. The predicted octanol–water partition coefficient (Wildman–Crippen LogP) is 3.68. The molecule has 1 N–H and O–H groups in total. The van der Waals surface area contributed by atoms with Crippen molar-refractivity contribution in [1.82, 2.24) is 14.7 Å². The van der Waals surface area contributed by atoms with Crippen LogP contribution < -0.4 is 10.1 Å². The number of hydrogen-bond acceptors (Lipinski definition) is 4. The molecule has 0 bridgehead atoms. The number of nitrogens with one attached hydrogen (secondary N) is 1. The Balaban J connectivity index is 1.64. The minimum absolute atomic E-state index is 0.0531. The normalized spacial score (nSPS) is 13.3. The van der Waals surface area contributed by atoms with Crippen molar-refractivity contribution in [3.63, 3.8) is 0 Å². The minimum Gasteiger partial charge on any atom is -0.493 e. The van der Waals surface area contributed by atoms with Crippen LogP contribution in [-0.2, 0) is 0 Å². The van der Waals surface area contributed by atoms with Gasteiger partial charge in [-0.3, -0.25) is 9.59 Å². The number of carbonyl (C=O) groups excluding carboxylic acids is 2. The number of para-hydroxylation sites is 1. The lowest BCUT2D eigenvalue weighted by atomic mass is 10.0. The van der Waals surface area contributed by atoms with Gasteiger partial charge in [0.15, 0.2) is 11.4 Å². The molecule has 0 unspecified atom stereocenters. The number of ether oxygens (including phenoxy) is 1. The van der Waals surface area contributed by atoms with Gasteiger partial charge in [0.2, 0.25) is 0 Å². The van der Waals surface area contributed by atoms with Gasteiger partial charge in [-0.25, -0.2) is 4.68 Å². The average Bonchev–Trinajstić information content (AvgIpc) is 3.44. The summed E-state index contributed by atoms with van der Waals surface area (Å²) in [7, 11) is 1.50. The summed E-state index contributed by atoms with van der Waals surface area (Å²) in [4.78, 5) is 27.9. The van der Waals surface area contributed by atoms with Crippen molar-refractivity contribution < 1.29 is 14.3 Å².